The molecule has 1 heterocycles. The van der Waals surface area contributed by atoms with Crippen LogP contribution in [0.3, 0.4) is 0 Å². The molecule has 0 radical (unpaired) electrons. The lowest BCUT2D eigenvalue weighted by molar-refractivity contribution is -0.113. The Morgan fingerprint density at radius 1 is 1.21 bits per heavy atom. The topological polar surface area (TPSA) is 78.3 Å². The molecule has 152 valence electrons. The quantitative estimate of drug-likeness (QED) is 0.535. The molecular formula is C20H21ClN4O3S. The molecule has 9 heteroatoms. The van der Waals surface area contributed by atoms with Gasteiger partial charge in [0, 0.05) is 17.8 Å². The molecule has 0 bridgehead atoms. The minimum absolute atomic E-state index is 0.135. The number of thioether (sulfide) groups is 1. The first-order valence-electron chi connectivity index (χ1n) is 8.90. The van der Waals surface area contributed by atoms with Gasteiger partial charge in [0.1, 0.15) is 11.5 Å². The predicted octanol–water partition coefficient (Wildman–Crippen LogP) is 4.27. The number of benzene rings is 2. The molecule has 1 aromatic heterocycles. The van der Waals surface area contributed by atoms with Gasteiger partial charge in [-0.15, -0.1) is 10.2 Å². The number of nitrogens with one attached hydrogen (secondary N) is 1. The number of methoxy groups -OCH3 is 1. The summed E-state index contributed by atoms with van der Waals surface area (Å²) in [6.45, 7) is 2.52. The van der Waals surface area contributed by atoms with Crippen LogP contribution in [-0.4, -0.2) is 40.1 Å². The van der Waals surface area contributed by atoms with E-state index in [0.29, 0.717) is 34.0 Å². The molecule has 0 aliphatic carbocycles. The number of nitrogens with zero attached hydrogens (tertiary/aromatic N) is 3. The summed E-state index contributed by atoms with van der Waals surface area (Å²) >= 11 is 7.41. The molecule has 1 N–H and O–H groups in total. The van der Waals surface area contributed by atoms with Crippen molar-refractivity contribution in [3.63, 3.8) is 0 Å². The van der Waals surface area contributed by atoms with Crippen molar-refractivity contribution in [2.24, 2.45) is 7.05 Å². The summed E-state index contributed by atoms with van der Waals surface area (Å²) in [4.78, 5) is 12.3. The van der Waals surface area contributed by atoms with Gasteiger partial charge >= 0.3 is 0 Å². The van der Waals surface area contributed by atoms with Crippen molar-refractivity contribution in [1.82, 2.24) is 14.8 Å². The van der Waals surface area contributed by atoms with Crippen molar-refractivity contribution in [2.75, 3.05) is 24.8 Å². The highest BCUT2D eigenvalue weighted by Gasteiger charge is 2.16. The van der Waals surface area contributed by atoms with Gasteiger partial charge in [0.25, 0.3) is 0 Å². The van der Waals surface area contributed by atoms with Crippen LogP contribution in [0.4, 0.5) is 5.69 Å². The smallest absolute Gasteiger partial charge is 0.234 e. The molecule has 2 aromatic carbocycles. The number of carbonyl (C=O) groups excluding carboxylic acids is 1. The molecular weight excluding hydrogens is 412 g/mol. The van der Waals surface area contributed by atoms with E-state index in [1.165, 1.54) is 11.8 Å². The van der Waals surface area contributed by atoms with E-state index in [0.717, 1.165) is 11.3 Å². The molecule has 0 spiro atoms. The zero-order chi connectivity index (χ0) is 20.8. The van der Waals surface area contributed by atoms with Gasteiger partial charge in [-0.25, -0.2) is 0 Å². The van der Waals surface area contributed by atoms with Crippen LogP contribution in [0.15, 0.2) is 47.6 Å². The lowest BCUT2D eigenvalue weighted by Gasteiger charge is -2.09. The van der Waals surface area contributed by atoms with E-state index >= 15 is 0 Å². The number of hydrogen-bond acceptors (Lipinski definition) is 6. The molecule has 0 saturated carbocycles. The number of anilines is 1. The van der Waals surface area contributed by atoms with Crippen molar-refractivity contribution in [3.8, 4) is 22.9 Å². The largest absolute Gasteiger partial charge is 0.496 e. The van der Waals surface area contributed by atoms with Crippen molar-refractivity contribution >= 4 is 35.0 Å². The SMILES string of the molecule is CCOc1ccc(NC(=O)CSc2nnc(-c3cc(Cl)ccc3OC)n2C)cc1. The zero-order valence-corrected chi connectivity index (χ0v) is 17.9. The van der Waals surface area contributed by atoms with Gasteiger partial charge in [-0.1, -0.05) is 23.4 Å². The van der Waals surface area contributed by atoms with Gasteiger partial charge in [0.15, 0.2) is 11.0 Å². The maximum Gasteiger partial charge on any atom is 0.234 e. The van der Waals surface area contributed by atoms with Gasteiger partial charge < -0.3 is 19.4 Å². The van der Waals surface area contributed by atoms with E-state index in [1.807, 2.05) is 30.7 Å². The fourth-order valence-corrected chi connectivity index (χ4v) is 3.54. The molecule has 3 aromatic rings. The normalized spacial score (nSPS) is 10.6. The maximum atomic E-state index is 12.3. The highest BCUT2D eigenvalue weighted by Crippen LogP contribution is 2.32. The van der Waals surface area contributed by atoms with Crippen LogP contribution < -0.4 is 14.8 Å². The highest BCUT2D eigenvalue weighted by atomic mass is 35.5. The Morgan fingerprint density at radius 2 is 1.97 bits per heavy atom. The summed E-state index contributed by atoms with van der Waals surface area (Å²) in [5, 5.41) is 12.5. The standard InChI is InChI=1S/C20H21ClN4O3S/c1-4-28-15-8-6-14(7-9-15)22-18(26)12-29-20-24-23-19(25(20)2)16-11-13(21)5-10-17(16)27-3/h5-11H,4,12H2,1-3H3,(H,22,26). The van der Waals surface area contributed by atoms with Crippen molar-refractivity contribution in [2.45, 2.75) is 12.1 Å². The summed E-state index contributed by atoms with van der Waals surface area (Å²) in [5.41, 5.74) is 1.45. The summed E-state index contributed by atoms with van der Waals surface area (Å²) in [7, 11) is 3.42. The average Bonchev–Trinajstić information content (AvgIpc) is 3.08. The minimum atomic E-state index is -0.135. The van der Waals surface area contributed by atoms with Gasteiger partial charge in [-0.2, -0.15) is 0 Å². The number of halogens is 1. The van der Waals surface area contributed by atoms with E-state index in [9.17, 15) is 4.79 Å². The highest BCUT2D eigenvalue weighted by molar-refractivity contribution is 7.99. The first-order chi connectivity index (χ1) is 14.0. The van der Waals surface area contributed by atoms with E-state index in [-0.39, 0.29) is 11.7 Å². The Morgan fingerprint density at radius 3 is 2.66 bits per heavy atom. The zero-order valence-electron chi connectivity index (χ0n) is 16.3. The summed E-state index contributed by atoms with van der Waals surface area (Å²) in [6.07, 6.45) is 0. The number of amides is 1. The summed E-state index contributed by atoms with van der Waals surface area (Å²) in [5.74, 6) is 2.09. The molecule has 0 atom stereocenters. The Balaban J connectivity index is 1.64. The Hall–Kier alpha value is -2.71. The van der Waals surface area contributed by atoms with Crippen LogP contribution in [0.25, 0.3) is 11.4 Å². The third-order valence-corrected chi connectivity index (χ3v) is 5.27. The van der Waals surface area contributed by atoms with Crippen LogP contribution in [0.2, 0.25) is 5.02 Å². The predicted molar refractivity (Wildman–Crippen MR) is 115 cm³/mol. The summed E-state index contributed by atoms with van der Waals surface area (Å²) in [6, 6.07) is 12.6. The first-order valence-corrected chi connectivity index (χ1v) is 10.3. The van der Waals surface area contributed by atoms with Gasteiger partial charge in [-0.3, -0.25) is 4.79 Å². The van der Waals surface area contributed by atoms with Crippen LogP contribution in [-0.2, 0) is 11.8 Å². The van der Waals surface area contributed by atoms with Crippen molar-refractivity contribution in [1.29, 1.82) is 0 Å². The van der Waals surface area contributed by atoms with Crippen molar-refractivity contribution < 1.29 is 14.3 Å². The fourth-order valence-electron chi connectivity index (χ4n) is 2.66. The van der Waals surface area contributed by atoms with E-state index in [2.05, 4.69) is 15.5 Å². The van der Waals surface area contributed by atoms with Gasteiger partial charge in [0.2, 0.25) is 5.91 Å². The molecule has 1 amide bonds. The number of ether oxygens (including phenoxy) is 2. The molecule has 7 nitrogen and oxygen atoms in total. The molecule has 0 saturated heterocycles. The second-order valence-electron chi connectivity index (χ2n) is 6.00. The lowest BCUT2D eigenvalue weighted by Crippen LogP contribution is -2.14. The van der Waals surface area contributed by atoms with Crippen molar-refractivity contribution in [3.05, 3.63) is 47.5 Å². The maximum absolute atomic E-state index is 12.3. The third kappa shape index (κ3) is 5.21. The Kier molecular flexibility index (Phi) is 7.00. The number of carbonyl (C=O) groups is 1. The monoisotopic (exact) mass is 432 g/mol. The molecule has 0 aliphatic heterocycles. The van der Waals surface area contributed by atoms with Crippen LogP contribution in [0.1, 0.15) is 6.92 Å². The number of rotatable bonds is 8. The second-order valence-corrected chi connectivity index (χ2v) is 7.38. The molecule has 29 heavy (non-hydrogen) atoms. The number of aromatic nitrogens is 3. The Labute approximate surface area is 178 Å². The first kappa shape index (κ1) is 21.0. The minimum Gasteiger partial charge on any atom is -0.496 e. The van der Waals surface area contributed by atoms with Crippen LogP contribution in [0.5, 0.6) is 11.5 Å². The third-order valence-electron chi connectivity index (χ3n) is 4.02. The molecule has 3 rings (SSSR count). The average molecular weight is 433 g/mol. The summed E-state index contributed by atoms with van der Waals surface area (Å²) < 4.78 is 12.6. The molecule has 0 aliphatic rings. The number of hydrogen-bond donors (Lipinski definition) is 1. The molecule has 0 fully saturated rings. The van der Waals surface area contributed by atoms with E-state index in [1.54, 1.807) is 37.4 Å². The van der Waals surface area contributed by atoms with Gasteiger partial charge in [0.05, 0.1) is 25.0 Å². The van der Waals surface area contributed by atoms with E-state index in [4.69, 9.17) is 21.1 Å². The van der Waals surface area contributed by atoms with E-state index < -0.39 is 0 Å². The lowest BCUT2D eigenvalue weighted by atomic mass is 10.2. The Bertz CT molecular complexity index is 992. The molecule has 0 unspecified atom stereocenters. The van der Waals surface area contributed by atoms with Crippen LogP contribution in [0, 0.1) is 0 Å². The van der Waals surface area contributed by atoms with Gasteiger partial charge in [-0.05, 0) is 49.4 Å². The fraction of sp³-hybridized carbons (Fsp3) is 0.250. The second kappa shape index (κ2) is 9.67. The van der Waals surface area contributed by atoms with Crippen LogP contribution >= 0.6 is 23.4 Å².